The highest BCUT2D eigenvalue weighted by Gasteiger charge is 2.40. The molecule has 21 nitrogen and oxygen atoms in total. The van der Waals surface area contributed by atoms with Crippen molar-refractivity contribution in [3.63, 3.8) is 0 Å². The first-order valence-electron chi connectivity index (χ1n) is 44.2. The Balaban J connectivity index is -0.000000149. The molecule has 0 spiro atoms. The van der Waals surface area contributed by atoms with Gasteiger partial charge in [0.1, 0.15) is 5.88 Å². The van der Waals surface area contributed by atoms with Gasteiger partial charge in [-0.3, -0.25) is 29.1 Å². The molecule has 0 N–H and O–H groups in total. The molecule has 0 bridgehead atoms. The molecule has 23 heteroatoms. The lowest BCUT2D eigenvalue weighted by Crippen LogP contribution is -2.58. The molecule has 9 fully saturated rings. The number of urea groups is 1. The topological polar surface area (TPSA) is 191 Å². The van der Waals surface area contributed by atoms with Crippen molar-refractivity contribution >= 4 is 44.0 Å². The van der Waals surface area contributed by atoms with Gasteiger partial charge >= 0.3 is 17.8 Å². The summed E-state index contributed by atoms with van der Waals surface area (Å²) >= 11 is 0. The first-order valence-corrected chi connectivity index (χ1v) is 47.2. The second-order valence-electron chi connectivity index (χ2n) is 35.5. The minimum absolute atomic E-state index is 0.0259. The predicted octanol–water partition coefficient (Wildman–Crippen LogP) is 19.8. The highest BCUT2D eigenvalue weighted by Crippen LogP contribution is 2.44. The normalized spacial score (nSPS) is 20.6. The molecule has 1 saturated carbocycles. The molecule has 0 radical (unpaired) electrons. The summed E-state index contributed by atoms with van der Waals surface area (Å²) in [7, 11) is 2.51. The van der Waals surface area contributed by atoms with Crippen LogP contribution in [-0.4, -0.2) is 279 Å². The number of morpholine rings is 1. The molecule has 9 aliphatic rings. The number of likely N-dealkylation sites (N-methyl/N-ethyl adjacent to an activating group) is 4. The van der Waals surface area contributed by atoms with E-state index in [1.54, 1.807) is 30.9 Å². The number of amides is 5. The van der Waals surface area contributed by atoms with Gasteiger partial charge in [0.15, 0.2) is 0 Å². The van der Waals surface area contributed by atoms with E-state index in [0.717, 1.165) is 83.8 Å². The van der Waals surface area contributed by atoms with Gasteiger partial charge in [-0.25, -0.2) is 17.5 Å². The maximum Gasteiger partial charge on any atom is 0.320 e. The second-order valence-corrected chi connectivity index (χ2v) is 39.6. The predicted molar refractivity (Wildman–Crippen MR) is 490 cm³/mol. The summed E-state index contributed by atoms with van der Waals surface area (Å²) in [4.78, 5) is 61.0. The summed E-state index contributed by atoms with van der Waals surface area (Å²) in [5.74, 6) is 1.49. The van der Waals surface area contributed by atoms with E-state index in [9.17, 15) is 36.0 Å². The fourth-order valence-electron chi connectivity index (χ4n) is 11.7. The van der Waals surface area contributed by atoms with Gasteiger partial charge in [-0.2, -0.15) is 17.0 Å². The molecular formula is C89H199N11O10S2. The first-order chi connectivity index (χ1) is 51.3. The van der Waals surface area contributed by atoms with Gasteiger partial charge < -0.3 is 34.0 Å². The van der Waals surface area contributed by atoms with Crippen molar-refractivity contribution in [1.82, 2.24) is 52.1 Å². The van der Waals surface area contributed by atoms with Crippen molar-refractivity contribution in [3.8, 4) is 0 Å². The van der Waals surface area contributed by atoms with Crippen LogP contribution in [0.3, 0.4) is 0 Å². The van der Waals surface area contributed by atoms with Crippen LogP contribution in [0.25, 0.3) is 0 Å². The average Bonchev–Trinajstić information content (AvgIpc) is 1.19. The molecule has 8 heterocycles. The lowest BCUT2D eigenvalue weighted by Gasteiger charge is -2.40. The van der Waals surface area contributed by atoms with Gasteiger partial charge in [0.05, 0.1) is 13.2 Å². The number of ether oxygens (including phenoxy) is 2. The number of likely N-dealkylation sites (tertiary alicyclic amines) is 2. The molecule has 8 saturated heterocycles. The standard InChI is InChI=1S/C9H16N2O2.C9H17NO.C8H18N2O2S.C8H16N2O.C8H17NO.C8H17N.C8H16O.C7H14.C6H14N2O2S.9C2H6/c1-9(2,3)11-6-5-10(4)7(12)8(11)13;1-9(2,3)7-5-6-8(11)10(7)4;1-8(2,3)10-6-5-9(4)13(11,12)7-10;1-8(2,3)10-6-5-9(4)7(10)11;1-8(2,3)9-4-6-10-7-5-9;1-8(2,3)9-6-4-5-7-9;1-8(2,3)7-4-5-9-6-7;1-7(2,3)6-4-5-6;1-6(2)8-5-4-7(3)11(8,9)10;9*1-2/h5-6H2,1-4H3;7H,5-6H2,1-4H3;5-7H2,1-4H3;5-6H2,1-4H3;4-7H2,1-3H3;4-7H2,1-3H3;7H,4-6H2,1-3H3;6H,4-5H2,1-3H3;6H,4-5H2,1-3H3;9*1-2H3. The Bertz CT molecular complexity index is 2490. The number of carbonyl (C=O) groups is 4. The SMILES string of the molecule is CC.CC.CC.CC.CC.CC.CC.CC.CC.CC(C)(C)C1CC1.CC(C)(C)C1CCOC1.CC(C)(C)N1CCCC1.CC(C)(C)N1CCOCC1.CC(C)N1CCN(C)S1(=O)=O.CN1C(=O)CCC1C(C)(C)C.CN1CCN(C(C)(C)C)C(=O)C1=O.CN1CCN(C(C)(C)C)C1=O.CN1CCN(C(C)(C)C)CS1(=O)=O. The fourth-order valence-corrected chi connectivity index (χ4v) is 14.7. The molecule has 5 amide bonds. The molecule has 112 heavy (non-hydrogen) atoms. The van der Waals surface area contributed by atoms with Crippen molar-refractivity contribution in [1.29, 1.82) is 0 Å². The Hall–Kier alpha value is -2.74. The van der Waals surface area contributed by atoms with Crippen molar-refractivity contribution in [2.24, 2.45) is 28.1 Å². The first kappa shape index (κ1) is 127. The molecule has 682 valence electrons. The van der Waals surface area contributed by atoms with E-state index in [-0.39, 0.29) is 45.9 Å². The maximum atomic E-state index is 11.5. The molecule has 2 unspecified atom stereocenters. The van der Waals surface area contributed by atoms with E-state index >= 15 is 0 Å². The minimum Gasteiger partial charge on any atom is -0.381 e. The zero-order valence-corrected chi connectivity index (χ0v) is 85.7. The largest absolute Gasteiger partial charge is 0.381 e. The summed E-state index contributed by atoms with van der Waals surface area (Å²) in [5.41, 5.74) is 1.70. The second kappa shape index (κ2) is 63.3. The van der Waals surface area contributed by atoms with Crippen LogP contribution in [0.2, 0.25) is 0 Å². The Morgan fingerprint density at radius 2 is 0.732 bits per heavy atom. The van der Waals surface area contributed by atoms with E-state index in [4.69, 9.17) is 9.47 Å². The Morgan fingerprint density at radius 3 is 0.946 bits per heavy atom. The van der Waals surface area contributed by atoms with Crippen LogP contribution in [0, 0.1) is 28.1 Å². The average molecular weight is 1650 g/mol. The molecule has 0 aromatic carbocycles. The van der Waals surface area contributed by atoms with E-state index in [1.165, 1.54) is 63.0 Å². The van der Waals surface area contributed by atoms with Gasteiger partial charge in [0.25, 0.3) is 10.2 Å². The monoisotopic (exact) mass is 1650 g/mol. The summed E-state index contributed by atoms with van der Waals surface area (Å²) in [5, 5.41) is 0. The minimum atomic E-state index is -3.10. The van der Waals surface area contributed by atoms with Crippen LogP contribution >= 0.6 is 0 Å². The van der Waals surface area contributed by atoms with Gasteiger partial charge in [-0.05, 0) is 197 Å². The maximum absolute atomic E-state index is 11.5. The number of rotatable bonds is 1. The number of sulfonamides is 1. The van der Waals surface area contributed by atoms with Crippen molar-refractivity contribution in [2.45, 2.75) is 389 Å². The Labute approximate surface area is 701 Å². The highest BCUT2D eigenvalue weighted by molar-refractivity contribution is 7.89. The number of hydrogen-bond donors (Lipinski definition) is 0. The number of piperazine rings is 1. The van der Waals surface area contributed by atoms with Crippen LogP contribution < -0.4 is 0 Å². The fraction of sp³-hybridized carbons (Fsp3) is 0.955. The number of hydrogen-bond acceptors (Lipinski definition) is 13. The summed E-state index contributed by atoms with van der Waals surface area (Å²) in [6.07, 6.45) is 8.77. The number of carbonyl (C=O) groups excluding carboxylic acids is 4. The zero-order chi connectivity index (χ0) is 91.4. The van der Waals surface area contributed by atoms with Gasteiger partial charge in [0.2, 0.25) is 15.9 Å². The van der Waals surface area contributed by atoms with E-state index in [1.807, 2.05) is 209 Å². The molecule has 0 aromatic rings. The van der Waals surface area contributed by atoms with Crippen LogP contribution in [0.5, 0.6) is 0 Å². The van der Waals surface area contributed by atoms with Crippen LogP contribution in [0.1, 0.15) is 350 Å². The Kier molecular flexibility index (Phi) is 72.0. The van der Waals surface area contributed by atoms with Crippen molar-refractivity contribution in [2.75, 3.05) is 146 Å². The van der Waals surface area contributed by atoms with Crippen LogP contribution in [0.15, 0.2) is 0 Å². The van der Waals surface area contributed by atoms with Crippen molar-refractivity contribution < 1.29 is 45.5 Å². The third-order valence-electron chi connectivity index (χ3n) is 19.1. The van der Waals surface area contributed by atoms with Crippen LogP contribution in [-0.2, 0) is 44.1 Å². The van der Waals surface area contributed by atoms with E-state index in [0.29, 0.717) is 66.6 Å². The van der Waals surface area contributed by atoms with Crippen molar-refractivity contribution in [3.05, 3.63) is 0 Å². The van der Waals surface area contributed by atoms with E-state index < -0.39 is 26.1 Å². The zero-order valence-electron chi connectivity index (χ0n) is 84.1. The smallest absolute Gasteiger partial charge is 0.320 e. The summed E-state index contributed by atoms with van der Waals surface area (Å²) < 4.78 is 60.7. The molecule has 1 aliphatic carbocycles. The summed E-state index contributed by atoms with van der Waals surface area (Å²) in [6.45, 7) is 106. The van der Waals surface area contributed by atoms with Gasteiger partial charge in [-0.15, -0.1) is 0 Å². The summed E-state index contributed by atoms with van der Waals surface area (Å²) in [6, 6.07) is 0.664. The third-order valence-corrected chi connectivity index (χ3v) is 23.0. The molecular weight excluding hydrogens is 1450 g/mol. The quantitative estimate of drug-likeness (QED) is 0.226. The number of nitrogens with zero attached hydrogens (tertiary/aromatic N) is 11. The molecule has 0 aromatic heterocycles. The van der Waals surface area contributed by atoms with E-state index in [2.05, 4.69) is 134 Å². The van der Waals surface area contributed by atoms with Gasteiger partial charge in [0, 0.05) is 160 Å². The lowest BCUT2D eigenvalue weighted by molar-refractivity contribution is -0.158. The molecule has 8 aliphatic heterocycles. The molecule has 9 rings (SSSR count). The molecule has 2 atom stereocenters. The highest BCUT2D eigenvalue weighted by atomic mass is 32.2. The third kappa shape index (κ3) is 53.6. The Morgan fingerprint density at radius 1 is 0.357 bits per heavy atom. The van der Waals surface area contributed by atoms with Crippen LogP contribution in [0.4, 0.5) is 4.79 Å². The van der Waals surface area contributed by atoms with Gasteiger partial charge in [-0.1, -0.05) is 187 Å². The lowest BCUT2D eigenvalue weighted by atomic mass is 9.80.